The largest absolute Gasteiger partial charge is 0.480 e. The van der Waals surface area contributed by atoms with E-state index in [2.05, 4.69) is 21.4 Å². The second kappa shape index (κ2) is 10.7. The minimum atomic E-state index is -0.820. The van der Waals surface area contributed by atoms with E-state index in [1.165, 1.54) is 18.4 Å². The number of carbonyl (C=O) groups is 1. The van der Waals surface area contributed by atoms with E-state index in [9.17, 15) is 9.90 Å². The van der Waals surface area contributed by atoms with Crippen molar-refractivity contribution >= 4 is 22.6 Å². The number of carboxylic acid groups (broad SMARTS) is 1. The van der Waals surface area contributed by atoms with Gasteiger partial charge in [0.2, 0.25) is 0 Å². The van der Waals surface area contributed by atoms with Crippen LogP contribution in [0.4, 0.5) is 5.82 Å². The van der Waals surface area contributed by atoms with Crippen LogP contribution in [0.5, 0.6) is 0 Å². The van der Waals surface area contributed by atoms with Crippen LogP contribution < -0.4 is 5.32 Å². The van der Waals surface area contributed by atoms with Crippen LogP contribution in [0.25, 0.3) is 10.8 Å². The number of aromatic nitrogens is 2. The van der Waals surface area contributed by atoms with Crippen LogP contribution in [-0.4, -0.2) is 57.8 Å². The topological polar surface area (TPSA) is 87.6 Å². The van der Waals surface area contributed by atoms with Crippen LogP contribution in [0, 0.1) is 6.92 Å². The zero-order chi connectivity index (χ0) is 24.2. The second-order valence-electron chi connectivity index (χ2n) is 9.77. The standard InChI is InChI=1S/C28H34N4O3/c1-19-23-9-5-10-25(24(23)13-15-29-19)26(28(33)34)32-17-22(18-32)35-16-4-2-3-8-21-12-11-20-7-6-14-30-27(20)31-21/h5-7,9-10,13-15,21-22,26H,2-4,8,11-12,16-18H2,1H3,(H,30,31)(H,33,34). The van der Waals surface area contributed by atoms with Crippen molar-refractivity contribution in [3.05, 3.63) is 65.6 Å². The van der Waals surface area contributed by atoms with Gasteiger partial charge in [-0.05, 0) is 61.3 Å². The summed E-state index contributed by atoms with van der Waals surface area (Å²) >= 11 is 0. The van der Waals surface area contributed by atoms with Crippen molar-refractivity contribution in [3.8, 4) is 0 Å². The number of likely N-dealkylation sites (tertiary alicyclic amines) is 1. The van der Waals surface area contributed by atoms with E-state index >= 15 is 0 Å². The van der Waals surface area contributed by atoms with Gasteiger partial charge in [0.15, 0.2) is 0 Å². The van der Waals surface area contributed by atoms with E-state index in [1.54, 1.807) is 6.20 Å². The molecule has 2 unspecified atom stereocenters. The molecule has 1 saturated heterocycles. The number of aliphatic carboxylic acids is 1. The molecule has 2 aliphatic heterocycles. The Balaban J connectivity index is 1.04. The molecule has 3 aromatic rings. The predicted molar refractivity (Wildman–Crippen MR) is 137 cm³/mol. The van der Waals surface area contributed by atoms with Gasteiger partial charge >= 0.3 is 5.97 Å². The van der Waals surface area contributed by atoms with Crippen molar-refractivity contribution < 1.29 is 14.6 Å². The minimum absolute atomic E-state index is 0.109. The summed E-state index contributed by atoms with van der Waals surface area (Å²) < 4.78 is 6.05. The van der Waals surface area contributed by atoms with Crippen molar-refractivity contribution in [1.29, 1.82) is 0 Å². The van der Waals surface area contributed by atoms with Crippen LogP contribution in [0.3, 0.4) is 0 Å². The van der Waals surface area contributed by atoms with Crippen LogP contribution in [0.1, 0.15) is 55.0 Å². The molecule has 1 fully saturated rings. The molecular weight excluding hydrogens is 440 g/mol. The lowest BCUT2D eigenvalue weighted by Crippen LogP contribution is -2.55. The van der Waals surface area contributed by atoms with Crippen molar-refractivity contribution in [1.82, 2.24) is 14.9 Å². The van der Waals surface area contributed by atoms with Gasteiger partial charge in [0.25, 0.3) is 0 Å². The van der Waals surface area contributed by atoms with E-state index in [1.807, 2.05) is 48.4 Å². The summed E-state index contributed by atoms with van der Waals surface area (Å²) in [4.78, 5) is 23.0. The number of pyridine rings is 2. The molecular formula is C28H34N4O3. The third-order valence-corrected chi connectivity index (χ3v) is 7.35. The first kappa shape index (κ1) is 23.7. The normalized spacial score (nSPS) is 19.1. The van der Waals surface area contributed by atoms with Gasteiger partial charge in [-0.2, -0.15) is 0 Å². The number of unbranched alkanes of at least 4 members (excludes halogenated alkanes) is 2. The zero-order valence-corrected chi connectivity index (χ0v) is 20.3. The first-order chi connectivity index (χ1) is 17.1. The molecule has 2 aromatic heterocycles. The van der Waals surface area contributed by atoms with Gasteiger partial charge in [0.05, 0.1) is 6.10 Å². The molecule has 5 rings (SSSR count). The van der Waals surface area contributed by atoms with Gasteiger partial charge < -0.3 is 15.2 Å². The summed E-state index contributed by atoms with van der Waals surface area (Å²) in [5, 5.41) is 15.6. The molecule has 184 valence electrons. The Kier molecular flexibility index (Phi) is 7.25. The van der Waals surface area contributed by atoms with Crippen molar-refractivity contribution in [3.63, 3.8) is 0 Å². The Morgan fingerprint density at radius 3 is 2.86 bits per heavy atom. The summed E-state index contributed by atoms with van der Waals surface area (Å²) in [6.07, 6.45) is 10.5. The van der Waals surface area contributed by atoms with E-state index in [-0.39, 0.29) is 6.10 Å². The Hall–Kier alpha value is -3.03. The molecule has 7 nitrogen and oxygen atoms in total. The molecule has 2 atom stereocenters. The monoisotopic (exact) mass is 474 g/mol. The lowest BCUT2D eigenvalue weighted by atomic mass is 9.95. The molecule has 2 N–H and O–H groups in total. The number of rotatable bonds is 10. The summed E-state index contributed by atoms with van der Waals surface area (Å²) in [5.74, 6) is 0.233. The number of fused-ring (bicyclic) bond motifs is 2. The van der Waals surface area contributed by atoms with Gasteiger partial charge in [-0.3, -0.25) is 14.7 Å². The third kappa shape index (κ3) is 5.31. The highest BCUT2D eigenvalue weighted by Crippen LogP contribution is 2.33. The maximum atomic E-state index is 12.2. The molecule has 0 radical (unpaired) electrons. The molecule has 1 aromatic carbocycles. The number of benzene rings is 1. The number of nitrogens with zero attached hydrogens (tertiary/aromatic N) is 3. The van der Waals surface area contributed by atoms with Crippen LogP contribution in [0.15, 0.2) is 48.8 Å². The second-order valence-corrected chi connectivity index (χ2v) is 9.77. The smallest absolute Gasteiger partial charge is 0.325 e. The number of ether oxygens (including phenoxy) is 1. The number of nitrogens with one attached hydrogen (secondary N) is 1. The maximum absolute atomic E-state index is 12.2. The van der Waals surface area contributed by atoms with Crippen LogP contribution in [0.2, 0.25) is 0 Å². The number of anilines is 1. The highest BCUT2D eigenvalue weighted by Gasteiger charge is 2.38. The lowest BCUT2D eigenvalue weighted by molar-refractivity contribution is -0.150. The Bertz CT molecular complexity index is 1180. The Labute approximate surface area is 206 Å². The zero-order valence-electron chi connectivity index (χ0n) is 20.3. The fraction of sp³-hybridized carbons (Fsp3) is 0.464. The molecule has 0 aliphatic carbocycles. The van der Waals surface area contributed by atoms with E-state index in [4.69, 9.17) is 4.74 Å². The SMILES string of the molecule is Cc1nccc2c(C(C(=O)O)N3CC(OCCCCCC4CCc5cccnc5N4)C3)cccc12. The van der Waals surface area contributed by atoms with Gasteiger partial charge in [0.1, 0.15) is 11.9 Å². The molecule has 7 heteroatoms. The molecule has 0 amide bonds. The van der Waals surface area contributed by atoms with Crippen LogP contribution >= 0.6 is 0 Å². The molecule has 2 aliphatic rings. The summed E-state index contributed by atoms with van der Waals surface area (Å²) in [5.41, 5.74) is 3.07. The number of hydrogen-bond acceptors (Lipinski definition) is 6. The van der Waals surface area contributed by atoms with Gasteiger partial charge in [-0.15, -0.1) is 0 Å². The molecule has 0 bridgehead atoms. The van der Waals surface area contributed by atoms with Crippen LogP contribution in [-0.2, 0) is 16.0 Å². The number of aryl methyl sites for hydroxylation is 2. The number of hydrogen-bond donors (Lipinski definition) is 2. The Morgan fingerprint density at radius 1 is 1.11 bits per heavy atom. The minimum Gasteiger partial charge on any atom is -0.480 e. The summed E-state index contributed by atoms with van der Waals surface area (Å²) in [7, 11) is 0. The van der Waals surface area contributed by atoms with Crippen molar-refractivity contribution in [2.75, 3.05) is 25.0 Å². The van der Waals surface area contributed by atoms with Gasteiger partial charge in [0, 0.05) is 49.2 Å². The quantitative estimate of drug-likeness (QED) is 0.410. The molecule has 35 heavy (non-hydrogen) atoms. The molecule has 4 heterocycles. The lowest BCUT2D eigenvalue weighted by Gasteiger charge is -2.42. The van der Waals surface area contributed by atoms with Crippen molar-refractivity contribution in [2.24, 2.45) is 0 Å². The Morgan fingerprint density at radius 2 is 2.00 bits per heavy atom. The molecule has 0 spiro atoms. The maximum Gasteiger partial charge on any atom is 0.325 e. The first-order valence-electron chi connectivity index (χ1n) is 12.7. The summed E-state index contributed by atoms with van der Waals surface area (Å²) in [6, 6.07) is 11.8. The third-order valence-electron chi connectivity index (χ3n) is 7.35. The highest BCUT2D eigenvalue weighted by molar-refractivity contribution is 5.91. The van der Waals surface area contributed by atoms with E-state index < -0.39 is 12.0 Å². The van der Waals surface area contributed by atoms with E-state index in [0.717, 1.165) is 60.1 Å². The predicted octanol–water partition coefficient (Wildman–Crippen LogP) is 4.75. The number of carboxylic acids is 1. The average Bonchev–Trinajstić information content (AvgIpc) is 2.84. The van der Waals surface area contributed by atoms with Crippen molar-refractivity contribution in [2.45, 2.75) is 63.6 Å². The fourth-order valence-corrected chi connectivity index (χ4v) is 5.39. The first-order valence-corrected chi connectivity index (χ1v) is 12.7. The highest BCUT2D eigenvalue weighted by atomic mass is 16.5. The summed E-state index contributed by atoms with van der Waals surface area (Å²) in [6.45, 7) is 3.99. The van der Waals surface area contributed by atoms with E-state index in [0.29, 0.717) is 19.1 Å². The fourth-order valence-electron chi connectivity index (χ4n) is 5.39. The van der Waals surface area contributed by atoms with Gasteiger partial charge in [-0.1, -0.05) is 37.1 Å². The molecule has 0 saturated carbocycles. The van der Waals surface area contributed by atoms with Gasteiger partial charge in [-0.25, -0.2) is 4.98 Å². The average molecular weight is 475 g/mol.